The average molecular weight is 254 g/mol. The molecule has 4 aliphatic carbocycles. The molecular weight excluding hydrogens is 234 g/mol. The summed E-state index contributed by atoms with van der Waals surface area (Å²) in [6, 6.07) is 0. The Labute approximate surface area is 108 Å². The Morgan fingerprint density at radius 1 is 1.35 bits per heavy atom. The van der Waals surface area contributed by atoms with Gasteiger partial charge in [-0.25, -0.2) is 0 Å². The highest BCUT2D eigenvalue weighted by Crippen LogP contribution is 2.63. The van der Waals surface area contributed by atoms with Gasteiger partial charge in [0.1, 0.15) is 0 Å². The second-order valence-electron chi connectivity index (χ2n) is 6.39. The molecule has 0 saturated heterocycles. The minimum atomic E-state index is -0.158. The van der Waals surface area contributed by atoms with Gasteiger partial charge >= 0.3 is 0 Å². The second kappa shape index (κ2) is 3.74. The van der Waals surface area contributed by atoms with E-state index in [0.717, 1.165) is 32.1 Å². The minimum absolute atomic E-state index is 0.0738. The fraction of sp³-hybridized carbons (Fsp3) is 0.786. The first kappa shape index (κ1) is 11.6. The number of halogens is 1. The van der Waals surface area contributed by atoms with E-state index < -0.39 is 0 Å². The maximum absolute atomic E-state index is 12.4. The van der Waals surface area contributed by atoms with Crippen LogP contribution < -0.4 is 5.32 Å². The summed E-state index contributed by atoms with van der Waals surface area (Å²) in [4.78, 5) is 12.3. The molecule has 3 heteroatoms. The molecule has 1 amide bonds. The molecule has 94 valence electrons. The van der Waals surface area contributed by atoms with Crippen molar-refractivity contribution in [2.24, 2.45) is 17.3 Å². The van der Waals surface area contributed by atoms with Crippen LogP contribution in [0.4, 0.5) is 0 Å². The summed E-state index contributed by atoms with van der Waals surface area (Å²) in [6.07, 6.45) is 8.29. The van der Waals surface area contributed by atoms with Gasteiger partial charge in [0.2, 0.25) is 5.91 Å². The smallest absolute Gasteiger partial charge is 0.226 e. The number of alkyl halides is 1. The van der Waals surface area contributed by atoms with Gasteiger partial charge in [-0.2, -0.15) is 0 Å². The van der Waals surface area contributed by atoms with E-state index in [-0.39, 0.29) is 16.2 Å². The molecule has 2 atom stereocenters. The number of hydrogen-bond acceptors (Lipinski definition) is 1. The Hall–Kier alpha value is -0.500. The van der Waals surface area contributed by atoms with Crippen LogP contribution in [0, 0.1) is 17.3 Å². The van der Waals surface area contributed by atoms with E-state index in [9.17, 15) is 4.79 Å². The highest BCUT2D eigenvalue weighted by Gasteiger charge is 2.59. The Balaban J connectivity index is 1.83. The molecule has 1 N–H and O–H groups in total. The molecule has 4 aliphatic rings. The van der Waals surface area contributed by atoms with E-state index in [1.165, 1.54) is 6.42 Å². The van der Waals surface area contributed by atoms with Crippen molar-refractivity contribution in [1.29, 1.82) is 0 Å². The summed E-state index contributed by atoms with van der Waals surface area (Å²) in [5.41, 5.74) is -0.158. The summed E-state index contributed by atoms with van der Waals surface area (Å²) in [5, 5.41) is 2.99. The maximum atomic E-state index is 12.4. The predicted molar refractivity (Wildman–Crippen MR) is 68.9 cm³/mol. The first-order chi connectivity index (χ1) is 8.05. The molecule has 0 radical (unpaired) electrons. The lowest BCUT2D eigenvalue weighted by Crippen LogP contribution is -2.58. The molecule has 0 spiro atoms. The van der Waals surface area contributed by atoms with Gasteiger partial charge in [0.05, 0.1) is 5.41 Å². The Morgan fingerprint density at radius 3 is 2.53 bits per heavy atom. The zero-order chi connectivity index (χ0) is 12.1. The number of rotatable bonds is 3. The first-order valence-corrected chi connectivity index (χ1v) is 7.01. The number of amides is 1. The molecule has 0 aliphatic heterocycles. The van der Waals surface area contributed by atoms with Crippen molar-refractivity contribution in [2.75, 3.05) is 6.54 Å². The van der Waals surface area contributed by atoms with Crippen LogP contribution >= 0.6 is 11.6 Å². The summed E-state index contributed by atoms with van der Waals surface area (Å²) < 4.78 is 0. The third kappa shape index (κ3) is 1.81. The van der Waals surface area contributed by atoms with Gasteiger partial charge in [0, 0.05) is 11.4 Å². The van der Waals surface area contributed by atoms with Crippen molar-refractivity contribution in [1.82, 2.24) is 5.32 Å². The van der Waals surface area contributed by atoms with Gasteiger partial charge in [0.15, 0.2) is 0 Å². The van der Waals surface area contributed by atoms with E-state index in [2.05, 4.69) is 11.9 Å². The molecule has 17 heavy (non-hydrogen) atoms. The predicted octanol–water partition coefficient (Wildman–Crippen LogP) is 2.87. The van der Waals surface area contributed by atoms with Crippen LogP contribution in [-0.4, -0.2) is 17.3 Å². The van der Waals surface area contributed by atoms with Crippen LogP contribution in [0.25, 0.3) is 0 Å². The van der Waals surface area contributed by atoms with Crippen LogP contribution in [0.1, 0.15) is 38.5 Å². The molecule has 0 aromatic heterocycles. The zero-order valence-corrected chi connectivity index (χ0v) is 10.9. The maximum Gasteiger partial charge on any atom is 0.226 e. The fourth-order valence-electron chi connectivity index (χ4n) is 4.77. The molecule has 4 fully saturated rings. The average Bonchev–Trinajstić information content (AvgIpc) is 2.22. The summed E-state index contributed by atoms with van der Waals surface area (Å²) in [7, 11) is 0. The van der Waals surface area contributed by atoms with Crippen LogP contribution in [-0.2, 0) is 4.79 Å². The van der Waals surface area contributed by atoms with E-state index >= 15 is 0 Å². The Kier molecular flexibility index (Phi) is 2.55. The monoisotopic (exact) mass is 253 g/mol. The van der Waals surface area contributed by atoms with Crippen molar-refractivity contribution in [3.63, 3.8) is 0 Å². The summed E-state index contributed by atoms with van der Waals surface area (Å²) in [6.45, 7) is 4.23. The van der Waals surface area contributed by atoms with Crippen molar-refractivity contribution in [3.8, 4) is 0 Å². The first-order valence-electron chi connectivity index (χ1n) is 6.63. The highest BCUT2D eigenvalue weighted by atomic mass is 35.5. The van der Waals surface area contributed by atoms with E-state index in [0.29, 0.717) is 18.4 Å². The molecule has 0 aromatic carbocycles. The van der Waals surface area contributed by atoms with E-state index in [1.54, 1.807) is 6.08 Å². The van der Waals surface area contributed by atoms with Crippen molar-refractivity contribution in [3.05, 3.63) is 12.7 Å². The zero-order valence-electron chi connectivity index (χ0n) is 10.2. The minimum Gasteiger partial charge on any atom is -0.352 e. The molecule has 4 rings (SSSR count). The van der Waals surface area contributed by atoms with E-state index in [1.807, 2.05) is 0 Å². The molecule has 2 unspecified atom stereocenters. The largest absolute Gasteiger partial charge is 0.352 e. The van der Waals surface area contributed by atoms with Crippen LogP contribution in [0.5, 0.6) is 0 Å². The van der Waals surface area contributed by atoms with Gasteiger partial charge in [0.25, 0.3) is 0 Å². The standard InChI is InChI=1S/C14H20ClNO/c1-2-3-16-12(17)13-5-10-4-11(6-13)8-14(15,7-10)9-13/h2,10-11H,1,3-9H2,(H,16,17). The van der Waals surface area contributed by atoms with Gasteiger partial charge in [-0.1, -0.05) is 6.08 Å². The number of carbonyl (C=O) groups is 1. The Bertz CT molecular complexity index is 351. The lowest BCUT2D eigenvalue weighted by Gasteiger charge is -2.59. The van der Waals surface area contributed by atoms with Crippen LogP contribution in [0.15, 0.2) is 12.7 Å². The van der Waals surface area contributed by atoms with Gasteiger partial charge in [-0.3, -0.25) is 4.79 Å². The molecule has 0 heterocycles. The topological polar surface area (TPSA) is 29.1 Å². The highest BCUT2D eigenvalue weighted by molar-refractivity contribution is 6.24. The SMILES string of the molecule is C=CCNC(=O)C12CC3CC(CC(Cl)(C3)C1)C2. The summed E-state index contributed by atoms with van der Waals surface area (Å²) in [5.74, 6) is 1.59. The van der Waals surface area contributed by atoms with Crippen molar-refractivity contribution < 1.29 is 4.79 Å². The number of carbonyl (C=O) groups excluding carboxylic acids is 1. The molecule has 4 saturated carbocycles. The lowest BCUT2D eigenvalue weighted by molar-refractivity contribution is -0.144. The third-order valence-electron chi connectivity index (χ3n) is 4.88. The quantitative estimate of drug-likeness (QED) is 0.608. The van der Waals surface area contributed by atoms with Crippen LogP contribution in [0.3, 0.4) is 0 Å². The fourth-order valence-corrected chi connectivity index (χ4v) is 5.46. The van der Waals surface area contributed by atoms with Crippen molar-refractivity contribution >= 4 is 17.5 Å². The third-order valence-corrected chi connectivity index (χ3v) is 5.32. The van der Waals surface area contributed by atoms with Crippen molar-refractivity contribution in [2.45, 2.75) is 43.4 Å². The normalized spacial score (nSPS) is 46.9. The molecule has 4 bridgehead atoms. The second-order valence-corrected chi connectivity index (χ2v) is 7.19. The van der Waals surface area contributed by atoms with Gasteiger partial charge < -0.3 is 5.32 Å². The molecular formula is C14H20ClNO. The molecule has 2 nitrogen and oxygen atoms in total. The van der Waals surface area contributed by atoms with E-state index in [4.69, 9.17) is 11.6 Å². The van der Waals surface area contributed by atoms with Crippen LogP contribution in [0.2, 0.25) is 0 Å². The number of nitrogens with one attached hydrogen (secondary N) is 1. The molecule has 0 aromatic rings. The van der Waals surface area contributed by atoms with Gasteiger partial charge in [-0.05, 0) is 50.4 Å². The summed E-state index contributed by atoms with van der Waals surface area (Å²) >= 11 is 6.70. The van der Waals surface area contributed by atoms with Gasteiger partial charge in [-0.15, -0.1) is 18.2 Å². The Morgan fingerprint density at radius 2 is 2.00 bits per heavy atom. The number of hydrogen-bond donors (Lipinski definition) is 1. The lowest BCUT2D eigenvalue weighted by atomic mass is 9.49.